The number of aryl methyl sites for hydroxylation is 1. The number of benzene rings is 1. The third kappa shape index (κ3) is 3.93. The molecular formula is C24H24N4OS. The summed E-state index contributed by atoms with van der Waals surface area (Å²) in [6.45, 7) is 1.48. The molecule has 1 aliphatic rings. The van der Waals surface area contributed by atoms with Crippen molar-refractivity contribution in [1.29, 1.82) is 0 Å². The number of nitrogens with zero attached hydrogens (tertiary/aromatic N) is 3. The molecule has 0 spiro atoms. The highest BCUT2D eigenvalue weighted by Crippen LogP contribution is 2.33. The number of rotatable bonds is 6. The Labute approximate surface area is 179 Å². The second-order valence-corrected chi connectivity index (χ2v) is 8.90. The van der Waals surface area contributed by atoms with E-state index in [4.69, 9.17) is 0 Å². The van der Waals surface area contributed by atoms with Crippen LogP contribution in [0.15, 0.2) is 65.8 Å². The van der Waals surface area contributed by atoms with Crippen LogP contribution in [0.4, 0.5) is 0 Å². The maximum atomic E-state index is 13.2. The predicted octanol–water partition coefficient (Wildman–Crippen LogP) is 3.59. The van der Waals surface area contributed by atoms with E-state index >= 15 is 0 Å². The molecule has 0 bridgehead atoms. The number of aromatic nitrogens is 3. The number of hydrogen-bond acceptors (Lipinski definition) is 5. The average molecular weight is 417 g/mol. The monoisotopic (exact) mass is 416 g/mol. The van der Waals surface area contributed by atoms with Crippen LogP contribution in [0.5, 0.6) is 0 Å². The largest absolute Gasteiger partial charge is 0.313 e. The van der Waals surface area contributed by atoms with Crippen molar-refractivity contribution in [3.05, 3.63) is 93.1 Å². The normalized spacial score (nSPS) is 15.9. The number of hydrogen-bond donors (Lipinski definition) is 1. The Morgan fingerprint density at radius 2 is 1.97 bits per heavy atom. The molecule has 0 saturated heterocycles. The maximum absolute atomic E-state index is 13.2. The molecule has 0 radical (unpaired) electrons. The molecule has 5 rings (SSSR count). The van der Waals surface area contributed by atoms with Gasteiger partial charge in [-0.25, -0.2) is 4.98 Å². The first-order valence-electron chi connectivity index (χ1n) is 10.4. The molecule has 0 saturated carbocycles. The third-order valence-corrected chi connectivity index (χ3v) is 6.93. The number of fused-ring (bicyclic) bond motifs is 3. The van der Waals surface area contributed by atoms with E-state index in [2.05, 4.69) is 21.4 Å². The van der Waals surface area contributed by atoms with E-state index in [9.17, 15) is 4.79 Å². The lowest BCUT2D eigenvalue weighted by Crippen LogP contribution is -2.35. The molecule has 1 aromatic carbocycles. The van der Waals surface area contributed by atoms with E-state index in [-0.39, 0.29) is 5.56 Å². The Kier molecular flexibility index (Phi) is 5.43. The van der Waals surface area contributed by atoms with E-state index in [1.54, 1.807) is 22.2 Å². The van der Waals surface area contributed by atoms with Crippen molar-refractivity contribution in [2.45, 2.75) is 38.3 Å². The third-order valence-electron chi connectivity index (χ3n) is 5.77. The van der Waals surface area contributed by atoms with E-state index in [1.165, 1.54) is 10.4 Å². The molecule has 30 heavy (non-hydrogen) atoms. The number of thiophene rings is 1. The minimum atomic E-state index is 0.0860. The van der Waals surface area contributed by atoms with Crippen molar-refractivity contribution >= 4 is 21.6 Å². The van der Waals surface area contributed by atoms with Crippen LogP contribution in [0.25, 0.3) is 10.2 Å². The quantitative estimate of drug-likeness (QED) is 0.522. The first kappa shape index (κ1) is 19.2. The molecule has 5 nitrogen and oxygen atoms in total. The second-order valence-electron chi connectivity index (χ2n) is 7.81. The Hall–Kier alpha value is -2.83. The standard InChI is InChI=1S/C24H24N4OS/c29-24-22-20-10-9-19(26-13-11-18-8-4-5-12-25-18)14-21(20)30-23(22)27-16-28(24)15-17-6-2-1-3-7-17/h1-8,12,16,19,26H,9-11,13-15H2/t19-/m0/s1. The molecular weight excluding hydrogens is 392 g/mol. The van der Waals surface area contributed by atoms with Gasteiger partial charge >= 0.3 is 0 Å². The van der Waals surface area contributed by atoms with Crippen molar-refractivity contribution in [2.75, 3.05) is 6.54 Å². The smallest absolute Gasteiger partial charge is 0.262 e. The van der Waals surface area contributed by atoms with Crippen LogP contribution in [-0.4, -0.2) is 27.1 Å². The zero-order chi connectivity index (χ0) is 20.3. The van der Waals surface area contributed by atoms with Gasteiger partial charge in [0.25, 0.3) is 5.56 Å². The highest BCUT2D eigenvalue weighted by atomic mass is 32.1. The molecule has 152 valence electrons. The highest BCUT2D eigenvalue weighted by Gasteiger charge is 2.25. The van der Waals surface area contributed by atoms with Gasteiger partial charge < -0.3 is 5.32 Å². The first-order chi connectivity index (χ1) is 14.8. The lowest BCUT2D eigenvalue weighted by molar-refractivity contribution is 0.465. The number of pyridine rings is 1. The van der Waals surface area contributed by atoms with Gasteiger partial charge in [0, 0.05) is 35.8 Å². The zero-order valence-electron chi connectivity index (χ0n) is 16.8. The lowest BCUT2D eigenvalue weighted by Gasteiger charge is -2.23. The molecule has 1 atom stereocenters. The average Bonchev–Trinajstić information content (AvgIpc) is 3.16. The first-order valence-corrected chi connectivity index (χ1v) is 11.3. The van der Waals surface area contributed by atoms with Crippen molar-refractivity contribution in [3.63, 3.8) is 0 Å². The van der Waals surface area contributed by atoms with Crippen LogP contribution in [0, 0.1) is 0 Å². The summed E-state index contributed by atoms with van der Waals surface area (Å²) in [7, 11) is 0. The Morgan fingerprint density at radius 3 is 2.80 bits per heavy atom. The van der Waals surface area contributed by atoms with Crippen molar-refractivity contribution in [2.24, 2.45) is 0 Å². The van der Waals surface area contributed by atoms with Gasteiger partial charge in [-0.3, -0.25) is 14.3 Å². The van der Waals surface area contributed by atoms with E-state index in [0.29, 0.717) is 12.6 Å². The van der Waals surface area contributed by atoms with Gasteiger partial charge in [0.05, 0.1) is 18.3 Å². The summed E-state index contributed by atoms with van der Waals surface area (Å²) in [5, 5.41) is 4.51. The summed E-state index contributed by atoms with van der Waals surface area (Å²) in [5.74, 6) is 0. The van der Waals surface area contributed by atoms with Crippen LogP contribution >= 0.6 is 11.3 Å². The Bertz CT molecular complexity index is 1200. The van der Waals surface area contributed by atoms with Gasteiger partial charge in [0.1, 0.15) is 4.83 Å². The zero-order valence-corrected chi connectivity index (χ0v) is 17.6. The molecule has 4 aromatic rings. The van der Waals surface area contributed by atoms with Crippen LogP contribution in [0.3, 0.4) is 0 Å². The molecule has 6 heteroatoms. The molecule has 3 aromatic heterocycles. The fraction of sp³-hybridized carbons (Fsp3) is 0.292. The molecule has 0 fully saturated rings. The van der Waals surface area contributed by atoms with Gasteiger partial charge in [-0.2, -0.15) is 0 Å². The summed E-state index contributed by atoms with van der Waals surface area (Å²) in [6.07, 6.45) is 7.43. The maximum Gasteiger partial charge on any atom is 0.262 e. The van der Waals surface area contributed by atoms with Crippen LogP contribution in [0.1, 0.15) is 28.1 Å². The molecule has 0 aliphatic heterocycles. The summed E-state index contributed by atoms with van der Waals surface area (Å²) in [5.41, 5.74) is 3.54. The van der Waals surface area contributed by atoms with Gasteiger partial charge in [0.2, 0.25) is 0 Å². The fourth-order valence-electron chi connectivity index (χ4n) is 4.22. The van der Waals surface area contributed by atoms with Gasteiger partial charge in [-0.15, -0.1) is 11.3 Å². The second kappa shape index (κ2) is 8.50. The van der Waals surface area contributed by atoms with Crippen molar-refractivity contribution in [3.8, 4) is 0 Å². The molecule has 1 aliphatic carbocycles. The van der Waals surface area contributed by atoms with Crippen molar-refractivity contribution < 1.29 is 0 Å². The minimum absolute atomic E-state index is 0.0860. The highest BCUT2D eigenvalue weighted by molar-refractivity contribution is 7.18. The SMILES string of the molecule is O=c1c2c3c(sc2ncn1Cc1ccccc1)C[C@@H](NCCc1ccccn1)CC3. The predicted molar refractivity (Wildman–Crippen MR) is 121 cm³/mol. The molecule has 3 heterocycles. The van der Waals surface area contributed by atoms with Crippen LogP contribution in [0.2, 0.25) is 0 Å². The summed E-state index contributed by atoms with van der Waals surface area (Å²) < 4.78 is 1.74. The van der Waals surface area contributed by atoms with E-state index in [0.717, 1.165) is 53.7 Å². The number of nitrogens with one attached hydrogen (secondary N) is 1. The summed E-state index contributed by atoms with van der Waals surface area (Å²) in [4.78, 5) is 24.4. The van der Waals surface area contributed by atoms with Gasteiger partial charge in [-0.1, -0.05) is 36.4 Å². The van der Waals surface area contributed by atoms with Crippen LogP contribution in [-0.2, 0) is 25.8 Å². The van der Waals surface area contributed by atoms with E-state index < -0.39 is 0 Å². The van der Waals surface area contributed by atoms with Crippen molar-refractivity contribution in [1.82, 2.24) is 19.9 Å². The molecule has 0 amide bonds. The van der Waals surface area contributed by atoms with Crippen LogP contribution < -0.4 is 10.9 Å². The Balaban J connectivity index is 1.32. The Morgan fingerprint density at radius 1 is 1.10 bits per heavy atom. The molecule has 1 N–H and O–H groups in total. The van der Waals surface area contributed by atoms with E-state index in [1.807, 2.05) is 48.7 Å². The minimum Gasteiger partial charge on any atom is -0.313 e. The summed E-state index contributed by atoms with van der Waals surface area (Å²) in [6, 6.07) is 16.6. The molecule has 0 unspecified atom stereocenters. The van der Waals surface area contributed by atoms with Gasteiger partial charge in [0.15, 0.2) is 0 Å². The fourth-order valence-corrected chi connectivity index (χ4v) is 5.48. The summed E-state index contributed by atoms with van der Waals surface area (Å²) >= 11 is 1.69. The topological polar surface area (TPSA) is 59.8 Å². The van der Waals surface area contributed by atoms with Gasteiger partial charge in [-0.05, 0) is 42.5 Å². The lowest BCUT2D eigenvalue weighted by atomic mass is 9.93.